The standard InChI is InChI=1S/C29H32N2O4/c1-33-14-13-30-29(32)18-26(22-15-23(34-2)17-24(16-22)35-3)27-20-31(19-21-9-5-4-6-10-21)28-12-8-7-11-25(27)28/h4-12,15-17,20,26H,13-14,18-19H2,1-3H3,(H,30,32)/t26-/m1/s1. The highest BCUT2D eigenvalue weighted by Gasteiger charge is 2.24. The second-order valence-electron chi connectivity index (χ2n) is 8.46. The molecule has 1 heterocycles. The number of fused-ring (bicyclic) bond motifs is 1. The number of carbonyl (C=O) groups excluding carboxylic acids is 1. The number of amides is 1. The molecule has 1 N–H and O–H groups in total. The molecule has 0 bridgehead atoms. The summed E-state index contributed by atoms with van der Waals surface area (Å²) in [7, 11) is 4.90. The van der Waals surface area contributed by atoms with Crippen molar-refractivity contribution in [1.29, 1.82) is 0 Å². The number of benzene rings is 3. The number of carbonyl (C=O) groups is 1. The van der Waals surface area contributed by atoms with Gasteiger partial charge in [0.25, 0.3) is 0 Å². The van der Waals surface area contributed by atoms with Crippen LogP contribution in [0.4, 0.5) is 0 Å². The van der Waals surface area contributed by atoms with Gasteiger partial charge in [-0.3, -0.25) is 4.79 Å². The molecule has 0 fully saturated rings. The molecule has 35 heavy (non-hydrogen) atoms. The van der Waals surface area contributed by atoms with Crippen LogP contribution < -0.4 is 14.8 Å². The first kappa shape index (κ1) is 24.4. The second kappa shape index (κ2) is 11.6. The summed E-state index contributed by atoms with van der Waals surface area (Å²) in [4.78, 5) is 13.0. The third-order valence-electron chi connectivity index (χ3n) is 6.18. The molecule has 182 valence electrons. The van der Waals surface area contributed by atoms with Crippen molar-refractivity contribution in [3.05, 3.63) is 95.7 Å². The number of para-hydroxylation sites is 1. The lowest BCUT2D eigenvalue weighted by atomic mass is 9.87. The molecule has 4 rings (SSSR count). The average molecular weight is 473 g/mol. The van der Waals surface area contributed by atoms with Crippen LogP contribution in [0.3, 0.4) is 0 Å². The lowest BCUT2D eigenvalue weighted by Crippen LogP contribution is -2.28. The van der Waals surface area contributed by atoms with Crippen molar-refractivity contribution in [2.75, 3.05) is 34.5 Å². The summed E-state index contributed by atoms with van der Waals surface area (Å²) in [5.74, 6) is 1.16. The molecule has 0 aliphatic rings. The van der Waals surface area contributed by atoms with Gasteiger partial charge in [-0.05, 0) is 34.9 Å². The van der Waals surface area contributed by atoms with Gasteiger partial charge in [-0.15, -0.1) is 0 Å². The Kier molecular flexibility index (Phi) is 8.06. The molecular weight excluding hydrogens is 440 g/mol. The van der Waals surface area contributed by atoms with E-state index in [1.807, 2.05) is 30.3 Å². The maximum Gasteiger partial charge on any atom is 0.221 e. The van der Waals surface area contributed by atoms with Gasteiger partial charge < -0.3 is 24.1 Å². The van der Waals surface area contributed by atoms with Crippen LogP contribution in [0.1, 0.15) is 29.0 Å². The van der Waals surface area contributed by atoms with Gasteiger partial charge in [0.05, 0.1) is 20.8 Å². The van der Waals surface area contributed by atoms with Gasteiger partial charge in [-0.2, -0.15) is 0 Å². The van der Waals surface area contributed by atoms with Gasteiger partial charge in [0, 0.05) is 55.7 Å². The smallest absolute Gasteiger partial charge is 0.221 e. The molecule has 4 aromatic rings. The molecule has 0 saturated carbocycles. The molecule has 0 spiro atoms. The van der Waals surface area contributed by atoms with E-state index in [1.165, 1.54) is 5.56 Å². The Balaban J connectivity index is 1.80. The molecule has 6 nitrogen and oxygen atoms in total. The molecule has 0 aliphatic carbocycles. The van der Waals surface area contributed by atoms with Crippen LogP contribution in [0.5, 0.6) is 11.5 Å². The molecule has 0 aliphatic heterocycles. The van der Waals surface area contributed by atoms with Crippen LogP contribution in [0.2, 0.25) is 0 Å². The Morgan fingerprint density at radius 3 is 2.29 bits per heavy atom. The lowest BCUT2D eigenvalue weighted by molar-refractivity contribution is -0.121. The number of methoxy groups -OCH3 is 3. The molecular formula is C29H32N2O4. The minimum atomic E-state index is -0.191. The van der Waals surface area contributed by atoms with Crippen LogP contribution >= 0.6 is 0 Å². The topological polar surface area (TPSA) is 61.7 Å². The van der Waals surface area contributed by atoms with Gasteiger partial charge in [0.1, 0.15) is 11.5 Å². The van der Waals surface area contributed by atoms with E-state index in [4.69, 9.17) is 14.2 Å². The molecule has 1 amide bonds. The van der Waals surface area contributed by atoms with Crippen molar-refractivity contribution in [2.45, 2.75) is 18.9 Å². The quantitative estimate of drug-likeness (QED) is 0.313. The van der Waals surface area contributed by atoms with Crippen LogP contribution in [-0.2, 0) is 16.1 Å². The molecule has 0 unspecified atom stereocenters. The fraction of sp³-hybridized carbons (Fsp3) is 0.276. The van der Waals surface area contributed by atoms with Gasteiger partial charge >= 0.3 is 0 Å². The predicted octanol–water partition coefficient (Wildman–Crippen LogP) is 4.99. The maximum atomic E-state index is 13.0. The minimum absolute atomic E-state index is 0.0336. The summed E-state index contributed by atoms with van der Waals surface area (Å²) in [6.45, 7) is 1.69. The molecule has 0 radical (unpaired) electrons. The third-order valence-corrected chi connectivity index (χ3v) is 6.18. The fourth-order valence-electron chi connectivity index (χ4n) is 4.45. The van der Waals surface area contributed by atoms with Crippen molar-refractivity contribution < 1.29 is 19.0 Å². The monoisotopic (exact) mass is 472 g/mol. The van der Waals surface area contributed by atoms with Crippen molar-refractivity contribution in [1.82, 2.24) is 9.88 Å². The summed E-state index contributed by atoms with van der Waals surface area (Å²) in [5.41, 5.74) is 4.40. The Hall–Kier alpha value is -3.77. The maximum absolute atomic E-state index is 13.0. The highest BCUT2D eigenvalue weighted by Crippen LogP contribution is 2.38. The van der Waals surface area contributed by atoms with E-state index < -0.39 is 0 Å². The molecule has 0 saturated heterocycles. The van der Waals surface area contributed by atoms with Crippen molar-refractivity contribution in [2.24, 2.45) is 0 Å². The number of hydrogen-bond donors (Lipinski definition) is 1. The molecule has 3 aromatic carbocycles. The number of rotatable bonds is 11. The number of nitrogens with zero attached hydrogens (tertiary/aromatic N) is 1. The highest BCUT2D eigenvalue weighted by molar-refractivity contribution is 5.87. The zero-order chi connectivity index (χ0) is 24.6. The van der Waals surface area contributed by atoms with Crippen LogP contribution in [0, 0.1) is 0 Å². The summed E-state index contributed by atoms with van der Waals surface area (Å²) < 4.78 is 18.4. The Labute approximate surface area is 206 Å². The Morgan fingerprint density at radius 2 is 1.60 bits per heavy atom. The fourth-order valence-corrected chi connectivity index (χ4v) is 4.45. The van der Waals surface area contributed by atoms with Gasteiger partial charge in [-0.1, -0.05) is 48.5 Å². The summed E-state index contributed by atoms with van der Waals surface area (Å²) in [6.07, 6.45) is 2.47. The Morgan fingerprint density at radius 1 is 0.914 bits per heavy atom. The highest BCUT2D eigenvalue weighted by atomic mass is 16.5. The Bertz CT molecular complexity index is 1240. The van der Waals surface area contributed by atoms with Gasteiger partial charge in [0.2, 0.25) is 5.91 Å². The van der Waals surface area contributed by atoms with E-state index in [0.29, 0.717) is 31.1 Å². The molecule has 1 aromatic heterocycles. The summed E-state index contributed by atoms with van der Waals surface area (Å²) in [6, 6.07) is 24.5. The summed E-state index contributed by atoms with van der Waals surface area (Å²) in [5, 5.41) is 4.10. The number of aromatic nitrogens is 1. The van der Waals surface area contributed by atoms with E-state index in [0.717, 1.165) is 28.6 Å². The van der Waals surface area contributed by atoms with Crippen LogP contribution in [0.15, 0.2) is 79.0 Å². The van der Waals surface area contributed by atoms with Crippen molar-refractivity contribution in [3.8, 4) is 11.5 Å². The van der Waals surface area contributed by atoms with Crippen LogP contribution in [0.25, 0.3) is 10.9 Å². The molecule has 1 atom stereocenters. The first-order chi connectivity index (χ1) is 17.1. The average Bonchev–Trinajstić information content (AvgIpc) is 3.25. The van der Waals surface area contributed by atoms with Crippen molar-refractivity contribution in [3.63, 3.8) is 0 Å². The zero-order valence-electron chi connectivity index (χ0n) is 20.5. The van der Waals surface area contributed by atoms with E-state index >= 15 is 0 Å². The second-order valence-corrected chi connectivity index (χ2v) is 8.46. The summed E-state index contributed by atoms with van der Waals surface area (Å²) >= 11 is 0. The normalized spacial score (nSPS) is 11.9. The first-order valence-electron chi connectivity index (χ1n) is 11.7. The van der Waals surface area contributed by atoms with Gasteiger partial charge in [0.15, 0.2) is 0 Å². The number of ether oxygens (including phenoxy) is 3. The van der Waals surface area contributed by atoms with E-state index in [2.05, 4.69) is 58.5 Å². The van der Waals surface area contributed by atoms with Crippen LogP contribution in [-0.4, -0.2) is 45.0 Å². The van der Waals surface area contributed by atoms with Gasteiger partial charge in [-0.25, -0.2) is 0 Å². The zero-order valence-corrected chi connectivity index (χ0v) is 20.5. The third kappa shape index (κ3) is 5.84. The first-order valence-corrected chi connectivity index (χ1v) is 11.7. The molecule has 6 heteroatoms. The minimum Gasteiger partial charge on any atom is -0.497 e. The SMILES string of the molecule is COCCNC(=O)C[C@H](c1cc(OC)cc(OC)c1)c1cn(Cc2ccccc2)c2ccccc12. The number of hydrogen-bond acceptors (Lipinski definition) is 4. The van der Waals surface area contributed by atoms with E-state index in [9.17, 15) is 4.79 Å². The van der Waals surface area contributed by atoms with E-state index in [1.54, 1.807) is 21.3 Å². The van der Waals surface area contributed by atoms with Crippen molar-refractivity contribution >= 4 is 16.8 Å². The predicted molar refractivity (Wildman–Crippen MR) is 138 cm³/mol. The number of nitrogens with one attached hydrogen (secondary N) is 1. The largest absolute Gasteiger partial charge is 0.497 e. The van der Waals surface area contributed by atoms with E-state index in [-0.39, 0.29) is 11.8 Å². The lowest BCUT2D eigenvalue weighted by Gasteiger charge is -2.19.